The van der Waals surface area contributed by atoms with Crippen LogP contribution in [0.2, 0.25) is 0 Å². The molecule has 0 unspecified atom stereocenters. The van der Waals surface area contributed by atoms with Crippen molar-refractivity contribution in [3.8, 4) is 11.1 Å². The molecule has 7 heteroatoms. The highest BCUT2D eigenvalue weighted by atomic mass is 32.2. The Labute approximate surface area is 166 Å². The van der Waals surface area contributed by atoms with Crippen LogP contribution in [0.4, 0.5) is 0 Å². The van der Waals surface area contributed by atoms with E-state index in [-0.39, 0.29) is 16.5 Å². The summed E-state index contributed by atoms with van der Waals surface area (Å²) < 4.78 is 27.4. The third kappa shape index (κ3) is 4.11. The maximum Gasteiger partial charge on any atom is 0.335 e. The molecule has 1 aliphatic rings. The highest BCUT2D eigenvalue weighted by Gasteiger charge is 2.28. The number of carboxylic acid groups (broad SMARTS) is 1. The van der Waals surface area contributed by atoms with Crippen LogP contribution in [0.1, 0.15) is 41.7 Å². The molecule has 150 valence electrons. The second kappa shape index (κ2) is 8.03. The van der Waals surface area contributed by atoms with E-state index < -0.39 is 16.0 Å². The molecule has 1 N–H and O–H groups in total. The predicted molar refractivity (Wildman–Crippen MR) is 109 cm³/mol. The number of carboxylic acids is 1. The van der Waals surface area contributed by atoms with E-state index in [2.05, 4.69) is 11.8 Å². The van der Waals surface area contributed by atoms with E-state index in [1.165, 1.54) is 16.4 Å². The van der Waals surface area contributed by atoms with E-state index in [4.69, 9.17) is 0 Å². The normalized spacial score (nSPS) is 16.4. The Hall–Kier alpha value is -2.22. The first-order valence-electron chi connectivity index (χ1n) is 9.35. The Bertz CT molecular complexity index is 980. The van der Waals surface area contributed by atoms with Gasteiger partial charge in [0.2, 0.25) is 10.0 Å². The molecule has 0 bridgehead atoms. The van der Waals surface area contributed by atoms with Crippen molar-refractivity contribution in [1.82, 2.24) is 9.21 Å². The largest absolute Gasteiger partial charge is 0.478 e. The maximum absolute atomic E-state index is 13.0. The lowest BCUT2D eigenvalue weighted by Gasteiger charge is -2.21. The highest BCUT2D eigenvalue weighted by Crippen LogP contribution is 2.30. The van der Waals surface area contributed by atoms with E-state index in [0.717, 1.165) is 24.0 Å². The van der Waals surface area contributed by atoms with Crippen molar-refractivity contribution in [2.45, 2.75) is 30.7 Å². The van der Waals surface area contributed by atoms with Crippen LogP contribution < -0.4 is 0 Å². The van der Waals surface area contributed by atoms with Crippen molar-refractivity contribution in [2.24, 2.45) is 0 Å². The van der Waals surface area contributed by atoms with Crippen molar-refractivity contribution in [2.75, 3.05) is 27.2 Å². The Kier molecular flexibility index (Phi) is 5.88. The van der Waals surface area contributed by atoms with Crippen LogP contribution in [-0.4, -0.2) is 55.9 Å². The van der Waals surface area contributed by atoms with Gasteiger partial charge in [-0.1, -0.05) is 18.2 Å². The fourth-order valence-electron chi connectivity index (χ4n) is 3.39. The molecule has 6 nitrogen and oxygen atoms in total. The van der Waals surface area contributed by atoms with Crippen LogP contribution >= 0.6 is 0 Å². The second-order valence-corrected chi connectivity index (χ2v) is 9.37. The van der Waals surface area contributed by atoms with Crippen molar-refractivity contribution in [3.63, 3.8) is 0 Å². The van der Waals surface area contributed by atoms with Gasteiger partial charge in [0.1, 0.15) is 0 Å². The monoisotopic (exact) mass is 402 g/mol. The molecule has 0 amide bonds. The van der Waals surface area contributed by atoms with Gasteiger partial charge in [0.25, 0.3) is 0 Å². The molecule has 28 heavy (non-hydrogen) atoms. The summed E-state index contributed by atoms with van der Waals surface area (Å²) in [4.78, 5) is 13.8. The van der Waals surface area contributed by atoms with Gasteiger partial charge in [-0.2, -0.15) is 4.31 Å². The number of hydrogen-bond acceptors (Lipinski definition) is 4. The first-order chi connectivity index (χ1) is 13.2. The minimum atomic E-state index is -3.70. The van der Waals surface area contributed by atoms with Crippen molar-refractivity contribution >= 4 is 16.0 Å². The SMILES string of the molecule is C[C@@H](c1cccc(-c2cc(C(=O)O)cc(S(=O)(=O)N3CCCC3)c2)c1)N(C)C. The second-order valence-electron chi connectivity index (χ2n) is 7.43. The van der Waals surface area contributed by atoms with Gasteiger partial charge >= 0.3 is 5.97 Å². The third-order valence-electron chi connectivity index (χ3n) is 5.33. The van der Waals surface area contributed by atoms with Crippen LogP contribution in [0, 0.1) is 0 Å². The summed E-state index contributed by atoms with van der Waals surface area (Å²) in [7, 11) is 0.275. The molecular weight excluding hydrogens is 376 g/mol. The van der Waals surface area contributed by atoms with Gasteiger partial charge in [0.15, 0.2) is 0 Å². The molecule has 1 atom stereocenters. The number of carbonyl (C=O) groups is 1. The fourth-order valence-corrected chi connectivity index (χ4v) is 4.98. The lowest BCUT2D eigenvalue weighted by atomic mass is 9.98. The molecule has 2 aromatic rings. The zero-order chi connectivity index (χ0) is 20.5. The molecule has 0 saturated carbocycles. The summed E-state index contributed by atoms with van der Waals surface area (Å²) in [5, 5.41) is 9.51. The van der Waals surface area contributed by atoms with Crippen LogP contribution in [0.5, 0.6) is 0 Å². The summed E-state index contributed by atoms with van der Waals surface area (Å²) >= 11 is 0. The van der Waals surface area contributed by atoms with Crippen LogP contribution in [0.25, 0.3) is 11.1 Å². The van der Waals surface area contributed by atoms with Gasteiger partial charge in [-0.3, -0.25) is 0 Å². The number of hydrogen-bond donors (Lipinski definition) is 1. The van der Waals surface area contributed by atoms with E-state index in [1.54, 1.807) is 6.07 Å². The Morgan fingerprint density at radius 1 is 1.07 bits per heavy atom. The molecule has 1 aliphatic heterocycles. The molecular formula is C21H26N2O4S. The van der Waals surface area contributed by atoms with E-state index in [0.29, 0.717) is 18.7 Å². The highest BCUT2D eigenvalue weighted by molar-refractivity contribution is 7.89. The Morgan fingerprint density at radius 3 is 2.36 bits per heavy atom. The predicted octanol–water partition coefficient (Wildman–Crippen LogP) is 3.46. The summed E-state index contributed by atoms with van der Waals surface area (Å²) in [5.41, 5.74) is 2.44. The molecule has 0 radical (unpaired) electrons. The van der Waals surface area contributed by atoms with E-state index >= 15 is 0 Å². The number of rotatable bonds is 6. The van der Waals surface area contributed by atoms with Crippen LogP contribution in [0.15, 0.2) is 47.4 Å². The van der Waals surface area contributed by atoms with Gasteiger partial charge in [0.05, 0.1) is 10.5 Å². The number of aromatic carboxylic acids is 1. The molecule has 1 heterocycles. The average Bonchev–Trinajstić information content (AvgIpc) is 3.22. The Balaban J connectivity index is 2.10. The quantitative estimate of drug-likeness (QED) is 0.801. The standard InChI is InChI=1S/C21H26N2O4S/c1-15(22(2)3)16-7-6-8-17(11-16)18-12-19(21(24)25)14-20(13-18)28(26,27)23-9-4-5-10-23/h6-8,11-15H,4-5,9-10H2,1-3H3,(H,24,25)/t15-/m0/s1. The summed E-state index contributed by atoms with van der Waals surface area (Å²) in [5.74, 6) is -1.14. The van der Waals surface area contributed by atoms with Crippen molar-refractivity contribution < 1.29 is 18.3 Å². The smallest absolute Gasteiger partial charge is 0.335 e. The topological polar surface area (TPSA) is 77.9 Å². The van der Waals surface area contributed by atoms with Gasteiger partial charge < -0.3 is 10.0 Å². The molecule has 3 rings (SSSR count). The molecule has 1 fully saturated rings. The molecule has 0 aliphatic carbocycles. The first kappa shape index (κ1) is 20.5. The first-order valence-corrected chi connectivity index (χ1v) is 10.8. The van der Waals surface area contributed by atoms with Gasteiger partial charge in [0, 0.05) is 19.1 Å². The van der Waals surface area contributed by atoms with E-state index in [1.807, 2.05) is 38.4 Å². The molecule has 0 aromatic heterocycles. The van der Waals surface area contributed by atoms with Crippen molar-refractivity contribution in [3.05, 3.63) is 53.6 Å². The lowest BCUT2D eigenvalue weighted by molar-refractivity contribution is 0.0696. The van der Waals surface area contributed by atoms with Gasteiger partial charge in [-0.05, 0) is 74.8 Å². The lowest BCUT2D eigenvalue weighted by Crippen LogP contribution is -2.28. The molecule has 1 saturated heterocycles. The van der Waals surface area contributed by atoms with Crippen LogP contribution in [0.3, 0.4) is 0 Å². The van der Waals surface area contributed by atoms with Crippen LogP contribution in [-0.2, 0) is 10.0 Å². The van der Waals surface area contributed by atoms with Crippen molar-refractivity contribution in [1.29, 1.82) is 0 Å². The van der Waals surface area contributed by atoms with E-state index in [9.17, 15) is 18.3 Å². The number of nitrogens with zero attached hydrogens (tertiary/aromatic N) is 2. The Morgan fingerprint density at radius 2 is 1.75 bits per heavy atom. The molecule has 2 aromatic carbocycles. The minimum absolute atomic E-state index is 0.0265. The number of benzene rings is 2. The third-order valence-corrected chi connectivity index (χ3v) is 7.21. The zero-order valence-corrected chi connectivity index (χ0v) is 17.2. The van der Waals surface area contributed by atoms with Gasteiger partial charge in [-0.25, -0.2) is 13.2 Å². The summed E-state index contributed by atoms with van der Waals surface area (Å²) in [6.45, 7) is 3.03. The fraction of sp³-hybridized carbons (Fsp3) is 0.381. The number of sulfonamides is 1. The minimum Gasteiger partial charge on any atom is -0.478 e. The summed E-state index contributed by atoms with van der Waals surface area (Å²) in [6, 6.07) is 12.3. The average molecular weight is 403 g/mol. The maximum atomic E-state index is 13.0. The van der Waals surface area contributed by atoms with Gasteiger partial charge in [-0.15, -0.1) is 0 Å². The summed E-state index contributed by atoms with van der Waals surface area (Å²) in [6.07, 6.45) is 1.66. The molecule has 0 spiro atoms. The zero-order valence-electron chi connectivity index (χ0n) is 16.4.